The first-order valence-corrected chi connectivity index (χ1v) is 6.93. The van der Waals surface area contributed by atoms with Crippen molar-refractivity contribution in [3.63, 3.8) is 0 Å². The lowest BCUT2D eigenvalue weighted by Gasteiger charge is -2.28. The van der Waals surface area contributed by atoms with Gasteiger partial charge in [-0.1, -0.05) is 18.6 Å². The lowest BCUT2D eigenvalue weighted by atomic mass is 10.1. The van der Waals surface area contributed by atoms with Crippen molar-refractivity contribution in [2.24, 2.45) is 0 Å². The van der Waals surface area contributed by atoms with Gasteiger partial charge in [0.1, 0.15) is 12.7 Å². The molecule has 1 aliphatic rings. The molecule has 0 amide bonds. The highest BCUT2D eigenvalue weighted by Crippen LogP contribution is 2.25. The first-order valence-electron chi connectivity index (χ1n) is 6.93. The van der Waals surface area contributed by atoms with Gasteiger partial charge in [-0.05, 0) is 32.0 Å². The van der Waals surface area contributed by atoms with Crippen molar-refractivity contribution in [2.45, 2.75) is 25.4 Å². The normalized spacial score (nSPS) is 17.6. The van der Waals surface area contributed by atoms with Gasteiger partial charge in [0.15, 0.2) is 5.75 Å². The first kappa shape index (κ1) is 14.7. The smallest absolute Gasteiger partial charge is 0.310 e. The van der Waals surface area contributed by atoms with E-state index in [1.165, 1.54) is 12.5 Å². The van der Waals surface area contributed by atoms with Gasteiger partial charge in [-0.25, -0.2) is 0 Å². The minimum Gasteiger partial charge on any atom is -0.484 e. The molecule has 1 N–H and O–H groups in total. The van der Waals surface area contributed by atoms with Crippen molar-refractivity contribution >= 4 is 5.69 Å². The number of aliphatic hydroxyl groups is 1. The molecule has 1 heterocycles. The molecule has 1 fully saturated rings. The van der Waals surface area contributed by atoms with Crippen LogP contribution in [0.3, 0.4) is 0 Å². The summed E-state index contributed by atoms with van der Waals surface area (Å²) in [6.45, 7) is 2.63. The molecule has 1 aromatic carbocycles. The fraction of sp³-hybridized carbons (Fsp3) is 0.571. The number of para-hydroxylation sites is 2. The van der Waals surface area contributed by atoms with Crippen LogP contribution in [0.15, 0.2) is 24.3 Å². The molecule has 0 aromatic heterocycles. The summed E-state index contributed by atoms with van der Waals surface area (Å²) in [5.41, 5.74) is -0.0716. The van der Waals surface area contributed by atoms with Crippen LogP contribution in [-0.2, 0) is 0 Å². The van der Waals surface area contributed by atoms with Gasteiger partial charge in [-0.3, -0.25) is 10.1 Å². The van der Waals surface area contributed by atoms with Crippen LogP contribution in [0.4, 0.5) is 5.69 Å². The van der Waals surface area contributed by atoms with E-state index >= 15 is 0 Å². The minimum absolute atomic E-state index is 0.0708. The quantitative estimate of drug-likeness (QED) is 0.635. The second-order valence-electron chi connectivity index (χ2n) is 5.05. The van der Waals surface area contributed by atoms with Gasteiger partial charge in [0.25, 0.3) is 0 Å². The Labute approximate surface area is 118 Å². The SMILES string of the molecule is O=[N+]([O-])c1ccccc1OCC(O)CN1CCCCC1. The number of aliphatic hydroxyl groups excluding tert-OH is 1. The van der Waals surface area contributed by atoms with Crippen molar-refractivity contribution in [1.29, 1.82) is 0 Å². The molecule has 0 aliphatic carbocycles. The highest BCUT2D eigenvalue weighted by molar-refractivity contribution is 5.45. The summed E-state index contributed by atoms with van der Waals surface area (Å²) in [6, 6.07) is 6.21. The molecule has 0 saturated carbocycles. The maximum absolute atomic E-state index is 10.8. The minimum atomic E-state index is -0.632. The van der Waals surface area contributed by atoms with Crippen LogP contribution in [0.1, 0.15) is 19.3 Å². The largest absolute Gasteiger partial charge is 0.484 e. The summed E-state index contributed by atoms with van der Waals surface area (Å²) in [4.78, 5) is 12.6. The number of rotatable bonds is 6. The Bertz CT molecular complexity index is 447. The molecule has 0 spiro atoms. The van der Waals surface area contributed by atoms with Crippen LogP contribution >= 0.6 is 0 Å². The molecule has 1 aromatic rings. The maximum atomic E-state index is 10.8. The summed E-state index contributed by atoms with van der Waals surface area (Å²) in [7, 11) is 0. The molecule has 6 nitrogen and oxygen atoms in total. The Morgan fingerprint density at radius 1 is 1.30 bits per heavy atom. The second-order valence-corrected chi connectivity index (χ2v) is 5.05. The van der Waals surface area contributed by atoms with E-state index in [4.69, 9.17) is 4.74 Å². The van der Waals surface area contributed by atoms with Gasteiger partial charge in [0, 0.05) is 12.6 Å². The molecule has 110 valence electrons. The molecule has 20 heavy (non-hydrogen) atoms. The number of benzene rings is 1. The van der Waals surface area contributed by atoms with E-state index in [0.29, 0.717) is 6.54 Å². The zero-order chi connectivity index (χ0) is 14.4. The topological polar surface area (TPSA) is 75.8 Å². The number of nitrogens with zero attached hydrogens (tertiary/aromatic N) is 2. The predicted molar refractivity (Wildman–Crippen MR) is 74.9 cm³/mol. The number of β-amino-alcohol motifs (C(OH)–C–C–N with tert-alkyl or cyclic N) is 1. The fourth-order valence-electron chi connectivity index (χ4n) is 2.41. The molecular formula is C14H20N2O4. The Kier molecular flexibility index (Phi) is 5.31. The maximum Gasteiger partial charge on any atom is 0.310 e. The Morgan fingerprint density at radius 3 is 2.70 bits per heavy atom. The predicted octanol–water partition coefficient (Wildman–Crippen LogP) is 1.82. The molecule has 1 saturated heterocycles. The Hall–Kier alpha value is -1.66. The van der Waals surface area contributed by atoms with Gasteiger partial charge in [0.2, 0.25) is 0 Å². The van der Waals surface area contributed by atoms with Crippen molar-refractivity contribution in [3.8, 4) is 5.75 Å². The number of likely N-dealkylation sites (tertiary alicyclic amines) is 1. The second kappa shape index (κ2) is 7.21. The summed E-state index contributed by atoms with van der Waals surface area (Å²) in [5, 5.41) is 20.8. The molecule has 0 bridgehead atoms. The van der Waals surface area contributed by atoms with Crippen molar-refractivity contribution in [1.82, 2.24) is 4.90 Å². The lowest BCUT2D eigenvalue weighted by molar-refractivity contribution is -0.385. The monoisotopic (exact) mass is 280 g/mol. The van der Waals surface area contributed by atoms with E-state index in [1.54, 1.807) is 18.2 Å². The highest BCUT2D eigenvalue weighted by Gasteiger charge is 2.18. The van der Waals surface area contributed by atoms with Gasteiger partial charge >= 0.3 is 5.69 Å². The van der Waals surface area contributed by atoms with E-state index < -0.39 is 11.0 Å². The van der Waals surface area contributed by atoms with Crippen LogP contribution in [0.25, 0.3) is 0 Å². The molecule has 1 unspecified atom stereocenters. The summed E-state index contributed by atoms with van der Waals surface area (Å²) >= 11 is 0. The number of ether oxygens (including phenoxy) is 1. The van der Waals surface area contributed by atoms with E-state index in [9.17, 15) is 15.2 Å². The lowest BCUT2D eigenvalue weighted by Crippen LogP contribution is -2.38. The van der Waals surface area contributed by atoms with Crippen LogP contribution in [0.5, 0.6) is 5.75 Å². The average molecular weight is 280 g/mol. The third-order valence-electron chi connectivity index (χ3n) is 3.41. The zero-order valence-electron chi connectivity index (χ0n) is 11.4. The van der Waals surface area contributed by atoms with E-state index in [0.717, 1.165) is 25.9 Å². The van der Waals surface area contributed by atoms with Gasteiger partial charge in [-0.2, -0.15) is 0 Å². The van der Waals surface area contributed by atoms with E-state index in [1.807, 2.05) is 0 Å². The van der Waals surface area contributed by atoms with Crippen LogP contribution in [-0.4, -0.2) is 47.3 Å². The molecular weight excluding hydrogens is 260 g/mol. The number of nitro groups is 1. The van der Waals surface area contributed by atoms with Crippen molar-refractivity contribution in [3.05, 3.63) is 34.4 Å². The summed E-state index contributed by atoms with van der Waals surface area (Å²) in [5.74, 6) is 0.204. The Morgan fingerprint density at radius 2 is 2.00 bits per heavy atom. The number of hydrogen-bond acceptors (Lipinski definition) is 5. The number of nitro benzene ring substituents is 1. The van der Waals surface area contributed by atoms with E-state index in [-0.39, 0.29) is 18.0 Å². The number of hydrogen-bond donors (Lipinski definition) is 1. The van der Waals surface area contributed by atoms with E-state index in [2.05, 4.69) is 4.90 Å². The summed E-state index contributed by atoms with van der Waals surface area (Å²) in [6.07, 6.45) is 2.95. The molecule has 2 rings (SSSR count). The van der Waals surface area contributed by atoms with Gasteiger partial charge in [-0.15, -0.1) is 0 Å². The van der Waals surface area contributed by atoms with Crippen LogP contribution in [0.2, 0.25) is 0 Å². The summed E-state index contributed by atoms with van der Waals surface area (Å²) < 4.78 is 5.38. The number of piperidine rings is 1. The van der Waals surface area contributed by atoms with Crippen LogP contribution < -0.4 is 4.74 Å². The molecule has 1 aliphatic heterocycles. The zero-order valence-corrected chi connectivity index (χ0v) is 11.4. The standard InChI is InChI=1S/C14H20N2O4/c17-12(10-15-8-4-1-5-9-15)11-20-14-7-3-2-6-13(14)16(18)19/h2-3,6-7,12,17H,1,4-5,8-11H2. The van der Waals surface area contributed by atoms with Gasteiger partial charge in [0.05, 0.1) is 4.92 Å². The first-order chi connectivity index (χ1) is 9.66. The molecule has 6 heteroatoms. The van der Waals surface area contributed by atoms with Gasteiger partial charge < -0.3 is 14.7 Å². The van der Waals surface area contributed by atoms with Crippen molar-refractivity contribution < 1.29 is 14.8 Å². The highest BCUT2D eigenvalue weighted by atomic mass is 16.6. The fourth-order valence-corrected chi connectivity index (χ4v) is 2.41. The Balaban J connectivity index is 1.83. The molecule has 0 radical (unpaired) electrons. The third-order valence-corrected chi connectivity index (χ3v) is 3.41. The van der Waals surface area contributed by atoms with Crippen molar-refractivity contribution in [2.75, 3.05) is 26.2 Å². The molecule has 1 atom stereocenters. The van der Waals surface area contributed by atoms with Crippen LogP contribution in [0, 0.1) is 10.1 Å². The third kappa shape index (κ3) is 4.18. The average Bonchev–Trinajstić information content (AvgIpc) is 2.46.